The monoisotopic (exact) mass is 262 g/mol. The Labute approximate surface area is 112 Å². The van der Waals surface area contributed by atoms with Gasteiger partial charge in [-0.05, 0) is 37.6 Å². The Morgan fingerprint density at radius 2 is 2.11 bits per heavy atom. The number of hydrogen-bond donors (Lipinski definition) is 1. The lowest BCUT2D eigenvalue weighted by atomic mass is 10.1. The molecule has 2 N–H and O–H groups in total. The van der Waals surface area contributed by atoms with Crippen molar-refractivity contribution >= 4 is 0 Å². The Kier molecular flexibility index (Phi) is 4.41. The zero-order valence-corrected chi connectivity index (χ0v) is 11.2. The van der Waals surface area contributed by atoms with Crippen LogP contribution in [0.3, 0.4) is 0 Å². The van der Waals surface area contributed by atoms with Crippen molar-refractivity contribution in [3.05, 3.63) is 41.3 Å². The fourth-order valence-electron chi connectivity index (χ4n) is 1.79. The van der Waals surface area contributed by atoms with Gasteiger partial charge in [-0.3, -0.25) is 0 Å². The summed E-state index contributed by atoms with van der Waals surface area (Å²) in [4.78, 5) is 0. The van der Waals surface area contributed by atoms with Gasteiger partial charge < -0.3 is 19.7 Å². The molecule has 0 unspecified atom stereocenters. The van der Waals surface area contributed by atoms with E-state index in [2.05, 4.69) is 5.16 Å². The van der Waals surface area contributed by atoms with E-state index in [1.165, 1.54) is 0 Å². The molecule has 0 aliphatic carbocycles. The minimum absolute atomic E-state index is 0.347. The first-order chi connectivity index (χ1) is 9.22. The second kappa shape index (κ2) is 6.24. The van der Waals surface area contributed by atoms with Crippen LogP contribution in [-0.4, -0.2) is 18.8 Å². The van der Waals surface area contributed by atoms with Gasteiger partial charge in [0.15, 0.2) is 11.5 Å². The molecule has 1 aromatic heterocycles. The van der Waals surface area contributed by atoms with E-state index in [1.54, 1.807) is 7.11 Å². The molecule has 0 saturated carbocycles. The molecular formula is C14H18N2O3. The van der Waals surface area contributed by atoms with Crippen LogP contribution in [-0.2, 0) is 13.0 Å². The summed E-state index contributed by atoms with van der Waals surface area (Å²) in [5, 5.41) is 3.88. The van der Waals surface area contributed by atoms with E-state index in [-0.39, 0.29) is 0 Å². The summed E-state index contributed by atoms with van der Waals surface area (Å²) >= 11 is 0. The van der Waals surface area contributed by atoms with Crippen molar-refractivity contribution in [1.82, 2.24) is 5.16 Å². The zero-order valence-electron chi connectivity index (χ0n) is 11.2. The number of aryl methyl sites for hydroxylation is 1. The first-order valence-corrected chi connectivity index (χ1v) is 6.15. The van der Waals surface area contributed by atoms with Gasteiger partial charge in [-0.1, -0.05) is 11.2 Å². The topological polar surface area (TPSA) is 70.5 Å². The van der Waals surface area contributed by atoms with Crippen LogP contribution in [0.1, 0.15) is 17.0 Å². The van der Waals surface area contributed by atoms with Gasteiger partial charge >= 0.3 is 0 Å². The first kappa shape index (κ1) is 13.4. The third-order valence-electron chi connectivity index (χ3n) is 2.71. The summed E-state index contributed by atoms with van der Waals surface area (Å²) in [6, 6.07) is 7.65. The van der Waals surface area contributed by atoms with Gasteiger partial charge in [0, 0.05) is 6.07 Å². The van der Waals surface area contributed by atoms with Crippen LogP contribution in [0, 0.1) is 6.92 Å². The standard InChI is InChI=1S/C14H18N2O3/c1-10-7-12(16-19-10)9-18-14-8-11(5-6-15)3-4-13(14)17-2/h3-4,7-8H,5-6,9,15H2,1-2H3. The van der Waals surface area contributed by atoms with E-state index in [9.17, 15) is 0 Å². The van der Waals surface area contributed by atoms with Crippen molar-refractivity contribution in [3.63, 3.8) is 0 Å². The van der Waals surface area contributed by atoms with Crippen LogP contribution in [0.2, 0.25) is 0 Å². The SMILES string of the molecule is COc1ccc(CCN)cc1OCc1cc(C)on1. The molecule has 1 heterocycles. The van der Waals surface area contributed by atoms with Crippen LogP contribution >= 0.6 is 0 Å². The summed E-state index contributed by atoms with van der Waals surface area (Å²) in [6.07, 6.45) is 0.809. The highest BCUT2D eigenvalue weighted by molar-refractivity contribution is 5.43. The highest BCUT2D eigenvalue weighted by atomic mass is 16.5. The van der Waals surface area contributed by atoms with E-state index in [1.807, 2.05) is 31.2 Å². The number of methoxy groups -OCH3 is 1. The van der Waals surface area contributed by atoms with Gasteiger partial charge in [0.25, 0.3) is 0 Å². The second-order valence-electron chi connectivity index (χ2n) is 4.24. The molecule has 0 spiro atoms. The largest absolute Gasteiger partial charge is 0.493 e. The maximum Gasteiger partial charge on any atom is 0.162 e. The molecule has 19 heavy (non-hydrogen) atoms. The van der Waals surface area contributed by atoms with Crippen LogP contribution < -0.4 is 15.2 Å². The van der Waals surface area contributed by atoms with Crippen LogP contribution in [0.5, 0.6) is 11.5 Å². The summed E-state index contributed by atoms with van der Waals surface area (Å²) in [6.45, 7) is 2.80. The zero-order chi connectivity index (χ0) is 13.7. The summed E-state index contributed by atoms with van der Waals surface area (Å²) in [5.74, 6) is 2.15. The van der Waals surface area contributed by atoms with Crippen molar-refractivity contribution in [2.24, 2.45) is 5.73 Å². The molecule has 0 amide bonds. The molecule has 0 saturated heterocycles. The lowest BCUT2D eigenvalue weighted by Crippen LogP contribution is -2.04. The predicted molar refractivity (Wildman–Crippen MR) is 71.3 cm³/mol. The maximum atomic E-state index is 5.73. The molecule has 0 radical (unpaired) electrons. The van der Waals surface area contributed by atoms with E-state index < -0.39 is 0 Å². The lowest BCUT2D eigenvalue weighted by molar-refractivity contribution is 0.271. The Morgan fingerprint density at radius 3 is 2.74 bits per heavy atom. The van der Waals surface area contributed by atoms with Gasteiger partial charge in [0.2, 0.25) is 0 Å². The summed E-state index contributed by atoms with van der Waals surface area (Å²) in [5.41, 5.74) is 7.43. The van der Waals surface area contributed by atoms with Gasteiger partial charge in [-0.25, -0.2) is 0 Å². The molecular weight excluding hydrogens is 244 g/mol. The normalized spacial score (nSPS) is 10.5. The van der Waals surface area contributed by atoms with E-state index >= 15 is 0 Å². The molecule has 2 aromatic rings. The number of hydrogen-bond acceptors (Lipinski definition) is 5. The lowest BCUT2D eigenvalue weighted by Gasteiger charge is -2.11. The number of benzene rings is 1. The van der Waals surface area contributed by atoms with Crippen LogP contribution in [0.15, 0.2) is 28.8 Å². The molecule has 5 nitrogen and oxygen atoms in total. The van der Waals surface area contributed by atoms with Crippen LogP contribution in [0.4, 0.5) is 0 Å². The third kappa shape index (κ3) is 3.48. The minimum Gasteiger partial charge on any atom is -0.493 e. The van der Waals surface area contributed by atoms with Gasteiger partial charge in [-0.2, -0.15) is 0 Å². The molecule has 102 valence electrons. The van der Waals surface area contributed by atoms with E-state index in [0.29, 0.717) is 24.7 Å². The summed E-state index contributed by atoms with van der Waals surface area (Å²) < 4.78 is 16.0. The summed E-state index contributed by atoms with van der Waals surface area (Å²) in [7, 11) is 1.62. The van der Waals surface area contributed by atoms with Crippen molar-refractivity contribution in [1.29, 1.82) is 0 Å². The quantitative estimate of drug-likeness (QED) is 0.863. The highest BCUT2D eigenvalue weighted by Gasteiger charge is 2.08. The van der Waals surface area contributed by atoms with Crippen molar-refractivity contribution < 1.29 is 14.0 Å². The average Bonchev–Trinajstić information content (AvgIpc) is 2.83. The molecule has 1 aromatic carbocycles. The molecule has 5 heteroatoms. The highest BCUT2D eigenvalue weighted by Crippen LogP contribution is 2.28. The second-order valence-corrected chi connectivity index (χ2v) is 4.24. The number of nitrogens with zero attached hydrogens (tertiary/aromatic N) is 1. The van der Waals surface area contributed by atoms with E-state index in [0.717, 1.165) is 23.4 Å². The van der Waals surface area contributed by atoms with E-state index in [4.69, 9.17) is 19.7 Å². The molecule has 2 rings (SSSR count). The molecule has 0 aliphatic heterocycles. The molecule has 0 aliphatic rings. The Bertz CT molecular complexity index is 537. The van der Waals surface area contributed by atoms with Crippen LogP contribution in [0.25, 0.3) is 0 Å². The van der Waals surface area contributed by atoms with Crippen molar-refractivity contribution in [2.75, 3.05) is 13.7 Å². The maximum absolute atomic E-state index is 5.73. The molecule has 0 atom stereocenters. The smallest absolute Gasteiger partial charge is 0.162 e. The Hall–Kier alpha value is -2.01. The Balaban J connectivity index is 2.10. The van der Waals surface area contributed by atoms with Gasteiger partial charge in [-0.15, -0.1) is 0 Å². The number of nitrogens with two attached hydrogens (primary N) is 1. The third-order valence-corrected chi connectivity index (χ3v) is 2.71. The van der Waals surface area contributed by atoms with Crippen molar-refractivity contribution in [2.45, 2.75) is 20.0 Å². The number of aromatic nitrogens is 1. The van der Waals surface area contributed by atoms with Gasteiger partial charge in [0.05, 0.1) is 7.11 Å². The van der Waals surface area contributed by atoms with Crippen molar-refractivity contribution in [3.8, 4) is 11.5 Å². The first-order valence-electron chi connectivity index (χ1n) is 6.15. The number of ether oxygens (including phenoxy) is 2. The minimum atomic E-state index is 0.347. The van der Waals surface area contributed by atoms with Gasteiger partial charge in [0.1, 0.15) is 18.1 Å². The predicted octanol–water partition coefficient (Wildman–Crippen LogP) is 2.07. The fraction of sp³-hybridized carbons (Fsp3) is 0.357. The Morgan fingerprint density at radius 1 is 1.26 bits per heavy atom. The fourth-order valence-corrected chi connectivity index (χ4v) is 1.79. The number of rotatable bonds is 6. The average molecular weight is 262 g/mol. The molecule has 0 bridgehead atoms. The molecule has 0 fully saturated rings.